The van der Waals surface area contributed by atoms with Gasteiger partial charge in [-0.1, -0.05) is 12.1 Å². The Morgan fingerprint density at radius 1 is 1.21 bits per heavy atom. The maximum atomic E-state index is 12.6. The van der Waals surface area contributed by atoms with E-state index in [4.69, 9.17) is 9.15 Å². The molecular weight excluding hydrogens is 440 g/mol. The molecule has 0 unspecified atom stereocenters. The van der Waals surface area contributed by atoms with Gasteiger partial charge >= 0.3 is 5.76 Å². The number of amides is 1. The molecule has 0 radical (unpaired) electrons. The number of hydrogen-bond donors (Lipinski definition) is 1. The van der Waals surface area contributed by atoms with Crippen LogP contribution in [-0.4, -0.2) is 47.0 Å². The monoisotopic (exact) mass is 468 g/mol. The van der Waals surface area contributed by atoms with Gasteiger partial charge in [-0.15, -0.1) is 0 Å². The van der Waals surface area contributed by atoms with Gasteiger partial charge in [0.15, 0.2) is 5.58 Å². The highest BCUT2D eigenvalue weighted by atomic mass is 16.6. The topological polar surface area (TPSA) is 120 Å². The molecule has 1 N–H and O–H groups in total. The number of nitro benzene ring substituents is 1. The van der Waals surface area contributed by atoms with Gasteiger partial charge in [-0.05, 0) is 56.1 Å². The standard InChI is InChI=1S/C24H28N4O6/c1-33-19-9-6-17(7-10-19)21(26-12-2-3-13-26)16-25-23(29)5-4-14-27-20-11-8-18(28(31)32)15-22(20)34-24(27)30/h6-11,15,21H,2-5,12-14,16H2,1H3,(H,25,29)/t21-/m0/s1. The minimum atomic E-state index is -0.593. The van der Waals surface area contributed by atoms with Crippen molar-refractivity contribution in [1.82, 2.24) is 14.8 Å². The number of nitrogens with one attached hydrogen (secondary N) is 1. The third-order valence-electron chi connectivity index (χ3n) is 6.22. The molecule has 1 fully saturated rings. The fraction of sp³-hybridized carbons (Fsp3) is 0.417. The average molecular weight is 469 g/mol. The lowest BCUT2D eigenvalue weighted by molar-refractivity contribution is -0.384. The number of carbonyl (C=O) groups excluding carboxylic acids is 1. The summed E-state index contributed by atoms with van der Waals surface area (Å²) in [6.07, 6.45) is 2.99. The third-order valence-corrected chi connectivity index (χ3v) is 6.22. The molecule has 10 heteroatoms. The number of rotatable bonds is 10. The van der Waals surface area contributed by atoms with Crippen molar-refractivity contribution in [2.24, 2.45) is 0 Å². The van der Waals surface area contributed by atoms with E-state index in [-0.39, 0.29) is 36.2 Å². The van der Waals surface area contributed by atoms with E-state index < -0.39 is 10.7 Å². The summed E-state index contributed by atoms with van der Waals surface area (Å²) in [7, 11) is 1.64. The molecule has 4 rings (SSSR count). The SMILES string of the molecule is COc1ccc([C@H](CNC(=O)CCCn2c(=O)oc3cc([N+](=O)[O-])ccc32)N2CCCC2)cc1. The largest absolute Gasteiger partial charge is 0.497 e. The van der Waals surface area contributed by atoms with Crippen LogP contribution in [0.4, 0.5) is 5.69 Å². The number of aromatic nitrogens is 1. The smallest absolute Gasteiger partial charge is 0.419 e. The van der Waals surface area contributed by atoms with E-state index in [9.17, 15) is 19.7 Å². The Morgan fingerprint density at radius 2 is 1.94 bits per heavy atom. The summed E-state index contributed by atoms with van der Waals surface area (Å²) in [6, 6.07) is 12.1. The normalized spacial score (nSPS) is 14.9. The highest BCUT2D eigenvalue weighted by Crippen LogP contribution is 2.26. The zero-order chi connectivity index (χ0) is 24.1. The zero-order valence-electron chi connectivity index (χ0n) is 19.1. The summed E-state index contributed by atoms with van der Waals surface area (Å²) >= 11 is 0. The van der Waals surface area contributed by atoms with Crippen molar-refractivity contribution in [2.75, 3.05) is 26.7 Å². The van der Waals surface area contributed by atoms with Crippen LogP contribution in [0.25, 0.3) is 11.1 Å². The highest BCUT2D eigenvalue weighted by molar-refractivity contribution is 5.76. The molecule has 34 heavy (non-hydrogen) atoms. The van der Waals surface area contributed by atoms with Gasteiger partial charge in [-0.25, -0.2) is 4.79 Å². The van der Waals surface area contributed by atoms with E-state index in [1.54, 1.807) is 7.11 Å². The number of fused-ring (bicyclic) bond motifs is 1. The molecule has 1 aromatic heterocycles. The Hall–Kier alpha value is -3.66. The van der Waals surface area contributed by atoms with E-state index in [0.717, 1.165) is 37.2 Å². The minimum Gasteiger partial charge on any atom is -0.497 e. The predicted octanol–water partition coefficient (Wildman–Crippen LogP) is 3.24. The molecule has 1 aliphatic heterocycles. The van der Waals surface area contributed by atoms with Gasteiger partial charge in [-0.2, -0.15) is 0 Å². The summed E-state index contributed by atoms with van der Waals surface area (Å²) in [5.74, 6) is 0.114. The van der Waals surface area contributed by atoms with Gasteiger partial charge in [-0.3, -0.25) is 24.4 Å². The van der Waals surface area contributed by atoms with Crippen LogP contribution < -0.4 is 15.8 Å². The van der Waals surface area contributed by atoms with E-state index in [2.05, 4.69) is 10.2 Å². The Bertz CT molecular complexity index is 1210. The lowest BCUT2D eigenvalue weighted by Crippen LogP contribution is -2.36. The van der Waals surface area contributed by atoms with E-state index in [1.807, 2.05) is 24.3 Å². The van der Waals surface area contributed by atoms with Crippen LogP contribution >= 0.6 is 0 Å². The molecule has 180 valence electrons. The van der Waals surface area contributed by atoms with Crippen LogP contribution in [0, 0.1) is 10.1 Å². The Kier molecular flexibility index (Phi) is 7.27. The number of benzene rings is 2. The molecule has 1 amide bonds. The molecule has 2 aromatic carbocycles. The molecule has 1 saturated heterocycles. The lowest BCUT2D eigenvalue weighted by Gasteiger charge is -2.28. The maximum absolute atomic E-state index is 12.6. The van der Waals surface area contributed by atoms with Crippen molar-refractivity contribution in [3.8, 4) is 5.75 Å². The molecule has 0 saturated carbocycles. The summed E-state index contributed by atoms with van der Waals surface area (Å²) in [6.45, 7) is 2.79. The molecule has 0 bridgehead atoms. The second kappa shape index (κ2) is 10.5. The molecule has 2 heterocycles. The van der Waals surface area contributed by atoms with Crippen LogP contribution in [0.3, 0.4) is 0 Å². The Morgan fingerprint density at radius 3 is 2.62 bits per heavy atom. The van der Waals surface area contributed by atoms with Crippen molar-refractivity contribution < 1.29 is 18.9 Å². The molecule has 1 aliphatic rings. The number of nitro groups is 1. The molecule has 0 spiro atoms. The number of nitrogens with zero attached hydrogens (tertiary/aromatic N) is 3. The molecule has 1 atom stereocenters. The van der Waals surface area contributed by atoms with Crippen LogP contribution in [0.5, 0.6) is 5.75 Å². The van der Waals surface area contributed by atoms with Gasteiger partial charge in [0, 0.05) is 25.6 Å². The number of hydrogen-bond acceptors (Lipinski definition) is 7. The summed E-state index contributed by atoms with van der Waals surface area (Å²) in [5.41, 5.74) is 1.63. The highest BCUT2D eigenvalue weighted by Gasteiger charge is 2.24. The van der Waals surface area contributed by atoms with Crippen LogP contribution in [0.1, 0.15) is 37.3 Å². The fourth-order valence-electron chi connectivity index (χ4n) is 4.41. The molecule has 3 aromatic rings. The van der Waals surface area contributed by atoms with Crippen molar-refractivity contribution >= 4 is 22.7 Å². The number of carbonyl (C=O) groups is 1. The first-order valence-electron chi connectivity index (χ1n) is 11.4. The number of non-ortho nitro benzene ring substituents is 1. The average Bonchev–Trinajstić information content (AvgIpc) is 3.47. The van der Waals surface area contributed by atoms with Crippen molar-refractivity contribution in [3.05, 3.63) is 68.7 Å². The number of oxazole rings is 1. The van der Waals surface area contributed by atoms with Crippen LogP contribution in [0.2, 0.25) is 0 Å². The summed E-state index contributed by atoms with van der Waals surface area (Å²) in [5, 5.41) is 14.0. The van der Waals surface area contributed by atoms with Gasteiger partial charge in [0.25, 0.3) is 5.69 Å². The maximum Gasteiger partial charge on any atom is 0.419 e. The van der Waals surface area contributed by atoms with E-state index in [0.29, 0.717) is 18.5 Å². The second-order valence-electron chi connectivity index (χ2n) is 8.37. The number of ether oxygens (including phenoxy) is 1. The molecular formula is C24H28N4O6. The first kappa shape index (κ1) is 23.5. The van der Waals surface area contributed by atoms with E-state index in [1.165, 1.54) is 22.8 Å². The van der Waals surface area contributed by atoms with Gasteiger partial charge in [0.2, 0.25) is 5.91 Å². The lowest BCUT2D eigenvalue weighted by atomic mass is 10.1. The van der Waals surface area contributed by atoms with Crippen molar-refractivity contribution in [1.29, 1.82) is 0 Å². The number of methoxy groups -OCH3 is 1. The predicted molar refractivity (Wildman–Crippen MR) is 126 cm³/mol. The van der Waals surface area contributed by atoms with Gasteiger partial charge in [0.1, 0.15) is 5.75 Å². The minimum absolute atomic E-state index is 0.0887. The molecule has 10 nitrogen and oxygen atoms in total. The Labute approximate surface area is 196 Å². The first-order chi connectivity index (χ1) is 16.5. The number of likely N-dealkylation sites (tertiary alicyclic amines) is 1. The van der Waals surface area contributed by atoms with E-state index >= 15 is 0 Å². The van der Waals surface area contributed by atoms with Gasteiger partial charge < -0.3 is 14.5 Å². The van der Waals surface area contributed by atoms with Crippen molar-refractivity contribution in [3.63, 3.8) is 0 Å². The summed E-state index contributed by atoms with van der Waals surface area (Å²) < 4.78 is 11.8. The second-order valence-corrected chi connectivity index (χ2v) is 8.37. The number of aryl methyl sites for hydroxylation is 1. The zero-order valence-corrected chi connectivity index (χ0v) is 19.1. The Balaban J connectivity index is 1.34. The third kappa shape index (κ3) is 5.28. The van der Waals surface area contributed by atoms with Crippen molar-refractivity contribution in [2.45, 2.75) is 38.3 Å². The van der Waals surface area contributed by atoms with Crippen LogP contribution in [-0.2, 0) is 11.3 Å². The van der Waals surface area contributed by atoms with Gasteiger partial charge in [0.05, 0.1) is 29.7 Å². The summed E-state index contributed by atoms with van der Waals surface area (Å²) in [4.78, 5) is 37.5. The van der Waals surface area contributed by atoms with Crippen LogP contribution in [0.15, 0.2) is 51.7 Å². The quantitative estimate of drug-likeness (QED) is 0.358. The fourth-order valence-corrected chi connectivity index (χ4v) is 4.41. The first-order valence-corrected chi connectivity index (χ1v) is 11.4. The molecule has 0 aliphatic carbocycles.